The van der Waals surface area contributed by atoms with Gasteiger partial charge in [-0.25, -0.2) is 4.79 Å². The minimum absolute atomic E-state index is 0.0304. The lowest BCUT2D eigenvalue weighted by molar-refractivity contribution is -0.00280. The van der Waals surface area contributed by atoms with E-state index in [9.17, 15) is 18.4 Å². The lowest BCUT2D eigenvalue weighted by Crippen LogP contribution is -2.35. The second kappa shape index (κ2) is 6.70. The van der Waals surface area contributed by atoms with Gasteiger partial charge in [0.05, 0.1) is 22.7 Å². The first-order valence-electron chi connectivity index (χ1n) is 6.40. The van der Waals surface area contributed by atoms with Crippen LogP contribution in [0.2, 0.25) is 5.02 Å². The number of aromatic carboxylic acids is 1. The number of pyridine rings is 1. The summed E-state index contributed by atoms with van der Waals surface area (Å²) in [7, 11) is 0. The summed E-state index contributed by atoms with van der Waals surface area (Å²) in [4.78, 5) is 26.5. The molecule has 1 amide bonds. The fourth-order valence-electron chi connectivity index (χ4n) is 1.80. The third-order valence-corrected chi connectivity index (χ3v) is 3.34. The molecule has 5 nitrogen and oxygen atoms in total. The number of carboxylic acids is 1. The Morgan fingerprint density at radius 2 is 2.04 bits per heavy atom. The Balaban J connectivity index is 2.14. The Morgan fingerprint density at radius 1 is 1.30 bits per heavy atom. The fraction of sp³-hybridized carbons (Fsp3) is 0.133. The van der Waals surface area contributed by atoms with E-state index in [-0.39, 0.29) is 21.7 Å². The zero-order valence-corrected chi connectivity index (χ0v) is 12.3. The molecule has 0 saturated heterocycles. The Morgan fingerprint density at radius 3 is 2.65 bits per heavy atom. The number of hydrogen-bond donors (Lipinski definition) is 2. The van der Waals surface area contributed by atoms with Crippen LogP contribution in [0.15, 0.2) is 42.7 Å². The quantitative estimate of drug-likeness (QED) is 0.877. The van der Waals surface area contributed by atoms with Crippen LogP contribution in [0.3, 0.4) is 0 Å². The molecule has 0 fully saturated rings. The fourth-order valence-corrected chi connectivity index (χ4v) is 2.00. The lowest BCUT2D eigenvalue weighted by Gasteiger charge is -2.17. The van der Waals surface area contributed by atoms with Crippen LogP contribution < -0.4 is 5.32 Å². The number of aromatic nitrogens is 1. The molecular weight excluding hydrogens is 330 g/mol. The number of rotatable bonds is 5. The van der Waals surface area contributed by atoms with Gasteiger partial charge in [0.25, 0.3) is 11.8 Å². The molecule has 2 aromatic rings. The standard InChI is InChI=1S/C15H11ClF2N2O3/c16-12-4-3-9(14(22)23)6-11(12)13(21)20-8-15(17,18)10-2-1-5-19-7-10/h1-7H,8H2,(H,20,21)(H,22,23). The second-order valence-corrected chi connectivity index (χ2v) is 5.04. The van der Waals surface area contributed by atoms with Crippen molar-refractivity contribution < 1.29 is 23.5 Å². The van der Waals surface area contributed by atoms with E-state index < -0.39 is 24.3 Å². The first-order valence-corrected chi connectivity index (χ1v) is 6.78. The summed E-state index contributed by atoms with van der Waals surface area (Å²) >= 11 is 5.81. The van der Waals surface area contributed by atoms with Gasteiger partial charge in [-0.3, -0.25) is 9.78 Å². The van der Waals surface area contributed by atoms with Gasteiger partial charge in [0, 0.05) is 18.0 Å². The van der Waals surface area contributed by atoms with Crippen LogP contribution in [0.4, 0.5) is 8.78 Å². The highest BCUT2D eigenvalue weighted by molar-refractivity contribution is 6.34. The maximum Gasteiger partial charge on any atom is 0.335 e. The molecule has 0 radical (unpaired) electrons. The first-order chi connectivity index (χ1) is 10.8. The topological polar surface area (TPSA) is 79.3 Å². The van der Waals surface area contributed by atoms with Gasteiger partial charge in [-0.15, -0.1) is 0 Å². The summed E-state index contributed by atoms with van der Waals surface area (Å²) in [6.07, 6.45) is 2.36. The van der Waals surface area contributed by atoms with Crippen LogP contribution in [0.5, 0.6) is 0 Å². The zero-order chi connectivity index (χ0) is 17.0. The Hall–Kier alpha value is -2.54. The summed E-state index contributed by atoms with van der Waals surface area (Å²) in [6, 6.07) is 6.02. The highest BCUT2D eigenvalue weighted by Crippen LogP contribution is 2.26. The predicted molar refractivity (Wildman–Crippen MR) is 78.9 cm³/mol. The number of nitrogens with zero attached hydrogens (tertiary/aromatic N) is 1. The van der Waals surface area contributed by atoms with Crippen LogP contribution in [-0.4, -0.2) is 28.5 Å². The minimum atomic E-state index is -3.32. The Kier molecular flexibility index (Phi) is 4.90. The monoisotopic (exact) mass is 340 g/mol. The molecule has 1 aromatic carbocycles. The molecule has 23 heavy (non-hydrogen) atoms. The molecule has 0 spiro atoms. The van der Waals surface area contributed by atoms with Gasteiger partial charge in [-0.05, 0) is 30.3 Å². The molecule has 8 heteroatoms. The van der Waals surface area contributed by atoms with Crippen molar-refractivity contribution in [3.63, 3.8) is 0 Å². The van der Waals surface area contributed by atoms with Gasteiger partial charge in [0.15, 0.2) is 0 Å². The van der Waals surface area contributed by atoms with Crippen molar-refractivity contribution in [2.75, 3.05) is 6.54 Å². The zero-order valence-electron chi connectivity index (χ0n) is 11.6. The summed E-state index contributed by atoms with van der Waals surface area (Å²) in [5, 5.41) is 10.9. The molecule has 0 aliphatic rings. The van der Waals surface area contributed by atoms with Crippen molar-refractivity contribution in [1.29, 1.82) is 0 Å². The van der Waals surface area contributed by atoms with E-state index >= 15 is 0 Å². The average Bonchev–Trinajstić information content (AvgIpc) is 2.53. The van der Waals surface area contributed by atoms with Crippen LogP contribution in [0.25, 0.3) is 0 Å². The first kappa shape index (κ1) is 16.8. The molecule has 0 bridgehead atoms. The summed E-state index contributed by atoms with van der Waals surface area (Å²) in [5.74, 6) is -5.46. The van der Waals surface area contributed by atoms with E-state index in [4.69, 9.17) is 16.7 Å². The highest BCUT2D eigenvalue weighted by Gasteiger charge is 2.32. The van der Waals surface area contributed by atoms with Crippen molar-refractivity contribution in [1.82, 2.24) is 10.3 Å². The lowest BCUT2D eigenvalue weighted by atomic mass is 10.1. The van der Waals surface area contributed by atoms with E-state index in [1.807, 2.05) is 0 Å². The summed E-state index contributed by atoms with van der Waals surface area (Å²) in [5.41, 5.74) is -0.696. The van der Waals surface area contributed by atoms with Crippen molar-refractivity contribution in [3.05, 3.63) is 64.4 Å². The maximum atomic E-state index is 14.0. The number of carbonyl (C=O) groups is 2. The molecule has 2 rings (SSSR count). The minimum Gasteiger partial charge on any atom is -0.478 e. The molecule has 0 aliphatic heterocycles. The molecule has 0 unspecified atom stereocenters. The largest absolute Gasteiger partial charge is 0.478 e. The summed E-state index contributed by atoms with van der Waals surface area (Å²) in [6.45, 7) is -0.967. The van der Waals surface area contributed by atoms with Crippen LogP contribution in [-0.2, 0) is 5.92 Å². The van der Waals surface area contributed by atoms with E-state index in [1.54, 1.807) is 0 Å². The third kappa shape index (κ3) is 4.01. The predicted octanol–water partition coefficient (Wildman–Crippen LogP) is 2.96. The summed E-state index contributed by atoms with van der Waals surface area (Å²) < 4.78 is 27.9. The van der Waals surface area contributed by atoms with E-state index in [1.165, 1.54) is 30.5 Å². The van der Waals surface area contributed by atoms with Crippen molar-refractivity contribution >= 4 is 23.5 Å². The molecule has 2 N–H and O–H groups in total. The molecule has 1 aromatic heterocycles. The normalized spacial score (nSPS) is 11.1. The number of amides is 1. The van der Waals surface area contributed by atoms with Gasteiger partial charge in [-0.2, -0.15) is 8.78 Å². The molecule has 120 valence electrons. The molecule has 0 saturated carbocycles. The Labute approximate surface area is 134 Å². The maximum absolute atomic E-state index is 14.0. The molecular formula is C15H11ClF2N2O3. The number of halogens is 3. The molecule has 0 atom stereocenters. The number of nitrogens with one attached hydrogen (secondary N) is 1. The average molecular weight is 341 g/mol. The molecule has 1 heterocycles. The smallest absolute Gasteiger partial charge is 0.335 e. The van der Waals surface area contributed by atoms with Crippen LogP contribution in [0.1, 0.15) is 26.3 Å². The molecule has 0 aliphatic carbocycles. The van der Waals surface area contributed by atoms with Crippen molar-refractivity contribution in [3.8, 4) is 0 Å². The van der Waals surface area contributed by atoms with E-state index in [2.05, 4.69) is 10.3 Å². The highest BCUT2D eigenvalue weighted by atomic mass is 35.5. The van der Waals surface area contributed by atoms with Gasteiger partial charge in [0.2, 0.25) is 0 Å². The van der Waals surface area contributed by atoms with Crippen molar-refractivity contribution in [2.24, 2.45) is 0 Å². The van der Waals surface area contributed by atoms with Crippen LogP contribution >= 0.6 is 11.6 Å². The van der Waals surface area contributed by atoms with Gasteiger partial charge in [0.1, 0.15) is 0 Å². The van der Waals surface area contributed by atoms with E-state index in [0.717, 1.165) is 12.3 Å². The van der Waals surface area contributed by atoms with E-state index in [0.29, 0.717) is 0 Å². The Bertz CT molecular complexity index is 739. The third-order valence-electron chi connectivity index (χ3n) is 3.01. The van der Waals surface area contributed by atoms with Crippen molar-refractivity contribution in [2.45, 2.75) is 5.92 Å². The van der Waals surface area contributed by atoms with Gasteiger partial charge >= 0.3 is 5.97 Å². The number of benzene rings is 1. The van der Waals surface area contributed by atoms with Gasteiger partial charge < -0.3 is 10.4 Å². The van der Waals surface area contributed by atoms with Gasteiger partial charge in [-0.1, -0.05) is 11.6 Å². The second-order valence-electron chi connectivity index (χ2n) is 4.63. The SMILES string of the molecule is O=C(O)c1ccc(Cl)c(C(=O)NCC(F)(F)c2cccnc2)c1. The number of carboxylic acid groups (broad SMARTS) is 1. The van der Waals surface area contributed by atoms with Crippen LogP contribution in [0, 0.1) is 0 Å². The number of alkyl halides is 2. The number of hydrogen-bond acceptors (Lipinski definition) is 3. The number of carbonyl (C=O) groups excluding carboxylic acids is 1.